The van der Waals surface area contributed by atoms with E-state index < -0.39 is 10.1 Å². The van der Waals surface area contributed by atoms with Crippen molar-refractivity contribution >= 4 is 16.1 Å². The van der Waals surface area contributed by atoms with Crippen molar-refractivity contribution in [1.82, 2.24) is 0 Å². The van der Waals surface area contributed by atoms with Gasteiger partial charge in [-0.15, -0.1) is 0 Å². The van der Waals surface area contributed by atoms with Gasteiger partial charge in [0.25, 0.3) is 10.1 Å². The van der Waals surface area contributed by atoms with E-state index in [1.807, 2.05) is 0 Å². The summed E-state index contributed by atoms with van der Waals surface area (Å²) in [5, 5.41) is 0. The highest BCUT2D eigenvalue weighted by molar-refractivity contribution is 7.85. The second-order valence-corrected chi connectivity index (χ2v) is 7.82. The highest BCUT2D eigenvalue weighted by Crippen LogP contribution is 2.17. The van der Waals surface area contributed by atoms with Crippen LogP contribution in [0.4, 0.5) is 0 Å². The third kappa shape index (κ3) is 12.2. The van der Waals surface area contributed by atoms with E-state index in [9.17, 15) is 13.2 Å². The number of hydrogen-bond donors (Lipinski definition) is 1. The lowest BCUT2D eigenvalue weighted by Crippen LogP contribution is -2.18. The Morgan fingerprint density at radius 1 is 1.00 bits per heavy atom. The van der Waals surface area contributed by atoms with Crippen molar-refractivity contribution in [2.24, 2.45) is 0 Å². The predicted molar refractivity (Wildman–Crippen MR) is 90.8 cm³/mol. The maximum atomic E-state index is 11.8. The second-order valence-electron chi connectivity index (χ2n) is 6.25. The van der Waals surface area contributed by atoms with E-state index in [1.54, 1.807) is 0 Å². The van der Waals surface area contributed by atoms with Gasteiger partial charge in [0.15, 0.2) is 0 Å². The van der Waals surface area contributed by atoms with E-state index >= 15 is 0 Å². The molecular weight excluding hydrogens is 316 g/mol. The molecule has 5 nitrogen and oxygen atoms in total. The Bertz CT molecular complexity index is 456. The van der Waals surface area contributed by atoms with E-state index in [4.69, 9.17) is 9.29 Å². The Labute approximate surface area is 140 Å². The van der Waals surface area contributed by atoms with Crippen LogP contribution in [0, 0.1) is 0 Å². The van der Waals surface area contributed by atoms with E-state index in [0.717, 1.165) is 64.2 Å². The summed E-state index contributed by atoms with van der Waals surface area (Å²) in [5.74, 6) is -0.249. The van der Waals surface area contributed by atoms with Crippen LogP contribution < -0.4 is 0 Å². The van der Waals surface area contributed by atoms with Gasteiger partial charge in [0.05, 0.1) is 5.75 Å². The minimum atomic E-state index is -3.82. The van der Waals surface area contributed by atoms with Gasteiger partial charge in [0, 0.05) is 6.42 Å². The Kier molecular flexibility index (Phi) is 10.2. The lowest BCUT2D eigenvalue weighted by Gasteiger charge is -2.18. The molecule has 134 valence electrons. The van der Waals surface area contributed by atoms with Crippen LogP contribution in [-0.4, -0.2) is 30.8 Å². The Hall–Kier alpha value is -0.880. The summed E-state index contributed by atoms with van der Waals surface area (Å²) in [7, 11) is -3.82. The normalized spacial score (nSPS) is 20.5. The molecular formula is C17H30O5S. The van der Waals surface area contributed by atoms with E-state index in [2.05, 4.69) is 12.2 Å². The topological polar surface area (TPSA) is 80.7 Å². The molecule has 1 aliphatic carbocycles. The first kappa shape index (κ1) is 20.2. The molecule has 0 fully saturated rings. The highest BCUT2D eigenvalue weighted by Gasteiger charge is 2.14. The number of carbonyl (C=O) groups excluding carboxylic acids is 1. The van der Waals surface area contributed by atoms with Crippen molar-refractivity contribution in [1.29, 1.82) is 0 Å². The third-order valence-electron chi connectivity index (χ3n) is 4.05. The zero-order valence-electron chi connectivity index (χ0n) is 13.9. The van der Waals surface area contributed by atoms with Crippen LogP contribution in [0.3, 0.4) is 0 Å². The molecule has 0 aromatic heterocycles. The van der Waals surface area contributed by atoms with Crippen molar-refractivity contribution in [2.75, 3.05) is 5.75 Å². The molecule has 0 bridgehead atoms. The molecule has 0 aromatic carbocycles. The number of unbranched alkanes of at least 4 members (excludes halogenated alkanes) is 5. The minimum Gasteiger partial charge on any atom is -0.462 e. The number of carbonyl (C=O) groups is 1. The van der Waals surface area contributed by atoms with Gasteiger partial charge >= 0.3 is 5.97 Å². The van der Waals surface area contributed by atoms with Gasteiger partial charge in [-0.05, 0) is 44.9 Å². The van der Waals surface area contributed by atoms with Crippen LogP contribution in [0.5, 0.6) is 0 Å². The number of esters is 1. The summed E-state index contributed by atoms with van der Waals surface area (Å²) in [6.45, 7) is 0. The zero-order valence-corrected chi connectivity index (χ0v) is 14.7. The molecule has 0 saturated carbocycles. The lowest BCUT2D eigenvalue weighted by atomic mass is 10.0. The summed E-state index contributed by atoms with van der Waals surface area (Å²) < 4.78 is 35.2. The van der Waals surface area contributed by atoms with Crippen molar-refractivity contribution < 1.29 is 22.5 Å². The SMILES string of the molecule is O=C(CCCCCCCCS(=O)(=O)O)OC1CC/C=C/CCC1. The molecule has 1 unspecified atom stereocenters. The van der Waals surface area contributed by atoms with Gasteiger partial charge < -0.3 is 4.74 Å². The van der Waals surface area contributed by atoms with Crippen molar-refractivity contribution in [3.8, 4) is 0 Å². The smallest absolute Gasteiger partial charge is 0.306 e. The van der Waals surface area contributed by atoms with Crippen LogP contribution in [-0.2, 0) is 19.6 Å². The van der Waals surface area contributed by atoms with Crippen LogP contribution in [0.2, 0.25) is 0 Å². The van der Waals surface area contributed by atoms with Crippen LogP contribution in [0.25, 0.3) is 0 Å². The van der Waals surface area contributed by atoms with Crippen LogP contribution in [0.1, 0.15) is 77.0 Å². The molecule has 0 spiro atoms. The average Bonchev–Trinajstić information content (AvgIpc) is 2.43. The number of hydrogen-bond acceptors (Lipinski definition) is 4. The molecule has 0 aromatic rings. The Morgan fingerprint density at radius 3 is 2.39 bits per heavy atom. The third-order valence-corrected chi connectivity index (χ3v) is 4.85. The summed E-state index contributed by atoms with van der Waals surface area (Å²) >= 11 is 0. The molecule has 0 aliphatic heterocycles. The van der Waals surface area contributed by atoms with Crippen LogP contribution >= 0.6 is 0 Å². The Balaban J connectivity index is 1.98. The fraction of sp³-hybridized carbons (Fsp3) is 0.824. The molecule has 1 aliphatic rings. The van der Waals surface area contributed by atoms with Crippen molar-refractivity contribution in [3.63, 3.8) is 0 Å². The zero-order chi connectivity index (χ0) is 17.0. The molecule has 0 heterocycles. The monoisotopic (exact) mass is 346 g/mol. The van der Waals surface area contributed by atoms with Crippen molar-refractivity contribution in [2.45, 2.75) is 83.2 Å². The first-order chi connectivity index (χ1) is 11.0. The summed E-state index contributed by atoms with van der Waals surface area (Å²) in [6, 6.07) is 0. The standard InChI is InChI=1S/C17H30O5S/c18-17(22-16-12-8-4-3-5-9-13-16)14-10-6-1-2-7-11-15-23(19,20)21/h3-4,16H,1-2,5-15H2,(H,19,20,21)/b4-3+. The summed E-state index contributed by atoms with van der Waals surface area (Å²) in [5.41, 5.74) is 0. The largest absolute Gasteiger partial charge is 0.462 e. The molecule has 1 N–H and O–H groups in total. The lowest BCUT2D eigenvalue weighted by molar-refractivity contribution is -0.149. The number of rotatable bonds is 10. The molecule has 0 radical (unpaired) electrons. The van der Waals surface area contributed by atoms with Crippen molar-refractivity contribution in [3.05, 3.63) is 12.2 Å². The van der Waals surface area contributed by atoms with E-state index in [0.29, 0.717) is 12.8 Å². The predicted octanol–water partition coefficient (Wildman–Crippen LogP) is 4.04. The molecule has 0 amide bonds. The number of ether oxygens (including phenoxy) is 1. The second kappa shape index (κ2) is 11.6. The summed E-state index contributed by atoms with van der Waals surface area (Å²) in [4.78, 5) is 11.8. The Morgan fingerprint density at radius 2 is 1.65 bits per heavy atom. The van der Waals surface area contributed by atoms with Gasteiger partial charge in [-0.1, -0.05) is 37.8 Å². The van der Waals surface area contributed by atoms with Gasteiger partial charge in [-0.25, -0.2) is 0 Å². The molecule has 0 saturated heterocycles. The van der Waals surface area contributed by atoms with E-state index in [1.165, 1.54) is 0 Å². The average molecular weight is 346 g/mol. The van der Waals surface area contributed by atoms with Gasteiger partial charge in [-0.2, -0.15) is 8.42 Å². The molecule has 23 heavy (non-hydrogen) atoms. The quantitative estimate of drug-likeness (QED) is 0.279. The molecule has 1 rings (SSSR count). The molecule has 1 atom stereocenters. The van der Waals surface area contributed by atoms with Gasteiger partial charge in [-0.3, -0.25) is 9.35 Å². The molecule has 6 heteroatoms. The fourth-order valence-electron chi connectivity index (χ4n) is 2.75. The highest BCUT2D eigenvalue weighted by atomic mass is 32.2. The first-order valence-electron chi connectivity index (χ1n) is 8.77. The summed E-state index contributed by atoms with van der Waals surface area (Å²) in [6.07, 6.45) is 14.9. The minimum absolute atomic E-state index is 0.0767. The number of allylic oxidation sites excluding steroid dienone is 2. The van der Waals surface area contributed by atoms with Gasteiger partial charge in [0.2, 0.25) is 0 Å². The van der Waals surface area contributed by atoms with E-state index in [-0.39, 0.29) is 17.8 Å². The van der Waals surface area contributed by atoms with Crippen LogP contribution in [0.15, 0.2) is 12.2 Å². The first-order valence-corrected chi connectivity index (χ1v) is 10.4. The maximum absolute atomic E-state index is 11.8. The maximum Gasteiger partial charge on any atom is 0.306 e. The fourth-order valence-corrected chi connectivity index (χ4v) is 3.32. The van der Waals surface area contributed by atoms with Gasteiger partial charge in [0.1, 0.15) is 6.10 Å².